The van der Waals surface area contributed by atoms with Crippen molar-refractivity contribution in [3.63, 3.8) is 0 Å². The van der Waals surface area contributed by atoms with Crippen molar-refractivity contribution in [1.82, 2.24) is 5.32 Å². The molecule has 0 spiro atoms. The summed E-state index contributed by atoms with van der Waals surface area (Å²) >= 11 is 0. The molecule has 104 valence electrons. The van der Waals surface area contributed by atoms with Gasteiger partial charge in [0.05, 0.1) is 18.8 Å². The first kappa shape index (κ1) is 15.4. The van der Waals surface area contributed by atoms with Gasteiger partial charge in [0.1, 0.15) is 5.54 Å². The lowest BCUT2D eigenvalue weighted by atomic mass is 10.0. The standard InChI is InChI=1S/C14H26N2O2/c1-3-8-16-14(2,12-15)7-10-17-11-13-6-4-5-9-18-13/h13,16H,3-11H2,1-2H3. The van der Waals surface area contributed by atoms with Crippen molar-refractivity contribution in [3.8, 4) is 6.07 Å². The average molecular weight is 254 g/mol. The van der Waals surface area contributed by atoms with Crippen molar-refractivity contribution in [2.45, 2.75) is 57.6 Å². The summed E-state index contributed by atoms with van der Waals surface area (Å²) in [4.78, 5) is 0. The van der Waals surface area contributed by atoms with Gasteiger partial charge in [0, 0.05) is 19.6 Å². The third-order valence-electron chi connectivity index (χ3n) is 3.34. The molecule has 4 nitrogen and oxygen atoms in total. The van der Waals surface area contributed by atoms with E-state index in [1.165, 1.54) is 12.8 Å². The molecule has 0 aromatic carbocycles. The Labute approximate surface area is 111 Å². The Morgan fingerprint density at radius 3 is 2.94 bits per heavy atom. The topological polar surface area (TPSA) is 54.3 Å². The number of rotatable bonds is 8. The number of ether oxygens (including phenoxy) is 2. The Bertz CT molecular complexity index is 259. The Morgan fingerprint density at radius 2 is 2.33 bits per heavy atom. The average Bonchev–Trinajstić information content (AvgIpc) is 2.43. The quantitative estimate of drug-likeness (QED) is 0.675. The first-order chi connectivity index (χ1) is 8.70. The molecule has 4 heteroatoms. The van der Waals surface area contributed by atoms with Crippen LogP contribution in [0.1, 0.15) is 46.0 Å². The Morgan fingerprint density at radius 1 is 1.50 bits per heavy atom. The molecule has 1 aliphatic rings. The molecule has 1 heterocycles. The molecule has 0 amide bonds. The molecular formula is C14H26N2O2. The molecule has 18 heavy (non-hydrogen) atoms. The van der Waals surface area contributed by atoms with Crippen molar-refractivity contribution in [1.29, 1.82) is 5.26 Å². The van der Waals surface area contributed by atoms with Crippen LogP contribution in [-0.2, 0) is 9.47 Å². The zero-order chi connectivity index (χ0) is 13.3. The van der Waals surface area contributed by atoms with E-state index in [0.29, 0.717) is 13.2 Å². The van der Waals surface area contributed by atoms with Gasteiger partial charge in [-0.2, -0.15) is 5.26 Å². The zero-order valence-corrected chi connectivity index (χ0v) is 11.7. The summed E-state index contributed by atoms with van der Waals surface area (Å²) in [5.74, 6) is 0. The molecule has 1 aliphatic heterocycles. The van der Waals surface area contributed by atoms with E-state index in [0.717, 1.165) is 32.4 Å². The summed E-state index contributed by atoms with van der Waals surface area (Å²) in [5, 5.41) is 12.4. The van der Waals surface area contributed by atoms with Crippen molar-refractivity contribution < 1.29 is 9.47 Å². The van der Waals surface area contributed by atoms with Gasteiger partial charge in [-0.15, -0.1) is 0 Å². The van der Waals surface area contributed by atoms with Gasteiger partial charge in [-0.1, -0.05) is 6.92 Å². The summed E-state index contributed by atoms with van der Waals surface area (Å²) < 4.78 is 11.2. The second-order valence-corrected chi connectivity index (χ2v) is 5.18. The van der Waals surface area contributed by atoms with Crippen LogP contribution in [0.5, 0.6) is 0 Å². The molecule has 1 saturated heterocycles. The van der Waals surface area contributed by atoms with E-state index in [-0.39, 0.29) is 6.10 Å². The summed E-state index contributed by atoms with van der Waals surface area (Å²) in [6.07, 6.45) is 5.52. The van der Waals surface area contributed by atoms with Crippen molar-refractivity contribution in [2.24, 2.45) is 0 Å². The fourth-order valence-electron chi connectivity index (χ4n) is 2.01. The maximum absolute atomic E-state index is 9.17. The Kier molecular flexibility index (Phi) is 7.26. The lowest BCUT2D eigenvalue weighted by molar-refractivity contribution is -0.0425. The highest BCUT2D eigenvalue weighted by Gasteiger charge is 2.22. The van der Waals surface area contributed by atoms with Gasteiger partial charge < -0.3 is 9.47 Å². The molecule has 2 unspecified atom stereocenters. The van der Waals surface area contributed by atoms with Crippen LogP contribution < -0.4 is 5.32 Å². The monoisotopic (exact) mass is 254 g/mol. The van der Waals surface area contributed by atoms with Gasteiger partial charge >= 0.3 is 0 Å². The second-order valence-electron chi connectivity index (χ2n) is 5.18. The number of hydrogen-bond acceptors (Lipinski definition) is 4. The second kappa shape index (κ2) is 8.47. The minimum absolute atomic E-state index is 0.260. The SMILES string of the molecule is CCCNC(C)(C#N)CCOCC1CCCCO1. The Balaban J connectivity index is 2.13. The van der Waals surface area contributed by atoms with Gasteiger partial charge in [0.15, 0.2) is 0 Å². The van der Waals surface area contributed by atoms with Crippen molar-refractivity contribution >= 4 is 0 Å². The predicted octanol–water partition coefficient (Wildman–Crippen LogP) is 2.24. The van der Waals surface area contributed by atoms with E-state index < -0.39 is 5.54 Å². The smallest absolute Gasteiger partial charge is 0.106 e. The normalized spacial score (nSPS) is 23.3. The van der Waals surface area contributed by atoms with Crippen LogP contribution in [0.15, 0.2) is 0 Å². The summed E-state index contributed by atoms with van der Waals surface area (Å²) in [5.41, 5.74) is -0.469. The minimum Gasteiger partial charge on any atom is -0.379 e. The van der Waals surface area contributed by atoms with Crippen LogP contribution in [0, 0.1) is 11.3 Å². The number of hydrogen-bond donors (Lipinski definition) is 1. The molecule has 1 rings (SSSR count). The first-order valence-electron chi connectivity index (χ1n) is 7.06. The van der Waals surface area contributed by atoms with Gasteiger partial charge in [0.2, 0.25) is 0 Å². The van der Waals surface area contributed by atoms with E-state index in [1.807, 2.05) is 6.92 Å². The van der Waals surface area contributed by atoms with Crippen molar-refractivity contribution in [3.05, 3.63) is 0 Å². The van der Waals surface area contributed by atoms with Crippen LogP contribution in [0.3, 0.4) is 0 Å². The molecular weight excluding hydrogens is 228 g/mol. The number of nitrogens with one attached hydrogen (secondary N) is 1. The highest BCUT2D eigenvalue weighted by atomic mass is 16.5. The molecule has 0 aliphatic carbocycles. The maximum atomic E-state index is 9.17. The minimum atomic E-state index is -0.469. The molecule has 0 bridgehead atoms. The summed E-state index contributed by atoms with van der Waals surface area (Å²) in [7, 11) is 0. The van der Waals surface area contributed by atoms with Gasteiger partial charge in [-0.05, 0) is 39.2 Å². The molecule has 1 N–H and O–H groups in total. The predicted molar refractivity (Wildman–Crippen MR) is 71.3 cm³/mol. The fraction of sp³-hybridized carbons (Fsp3) is 0.929. The van der Waals surface area contributed by atoms with Gasteiger partial charge in [0.25, 0.3) is 0 Å². The third kappa shape index (κ3) is 5.81. The van der Waals surface area contributed by atoms with E-state index in [4.69, 9.17) is 14.7 Å². The Hall–Kier alpha value is -0.630. The lowest BCUT2D eigenvalue weighted by Gasteiger charge is -2.25. The fourth-order valence-corrected chi connectivity index (χ4v) is 2.01. The van der Waals surface area contributed by atoms with E-state index >= 15 is 0 Å². The van der Waals surface area contributed by atoms with Crippen molar-refractivity contribution in [2.75, 3.05) is 26.4 Å². The van der Waals surface area contributed by atoms with Gasteiger partial charge in [-0.25, -0.2) is 0 Å². The van der Waals surface area contributed by atoms with E-state index in [2.05, 4.69) is 18.3 Å². The van der Waals surface area contributed by atoms with Gasteiger partial charge in [-0.3, -0.25) is 5.32 Å². The molecule has 2 atom stereocenters. The lowest BCUT2D eigenvalue weighted by Crippen LogP contribution is -2.42. The third-order valence-corrected chi connectivity index (χ3v) is 3.34. The van der Waals surface area contributed by atoms with Crippen LogP contribution in [0.25, 0.3) is 0 Å². The van der Waals surface area contributed by atoms with Crippen LogP contribution in [0.2, 0.25) is 0 Å². The number of nitriles is 1. The number of nitrogens with zero attached hydrogens (tertiary/aromatic N) is 1. The van der Waals surface area contributed by atoms with E-state index in [1.54, 1.807) is 0 Å². The molecule has 0 radical (unpaired) electrons. The maximum Gasteiger partial charge on any atom is 0.106 e. The zero-order valence-electron chi connectivity index (χ0n) is 11.7. The first-order valence-corrected chi connectivity index (χ1v) is 7.06. The molecule has 0 saturated carbocycles. The molecule has 0 aromatic heterocycles. The van der Waals surface area contributed by atoms with Crippen LogP contribution in [-0.4, -0.2) is 38.0 Å². The molecule has 1 fully saturated rings. The van der Waals surface area contributed by atoms with Crippen LogP contribution >= 0.6 is 0 Å². The molecule has 0 aromatic rings. The summed E-state index contributed by atoms with van der Waals surface area (Å²) in [6.45, 7) is 7.04. The highest BCUT2D eigenvalue weighted by molar-refractivity contribution is 5.03. The van der Waals surface area contributed by atoms with Crippen LogP contribution in [0.4, 0.5) is 0 Å². The summed E-state index contributed by atoms with van der Waals surface area (Å²) in [6, 6.07) is 2.33. The van der Waals surface area contributed by atoms with E-state index in [9.17, 15) is 0 Å². The largest absolute Gasteiger partial charge is 0.379 e. The highest BCUT2D eigenvalue weighted by Crippen LogP contribution is 2.14.